The Kier molecular flexibility index (Phi) is 2.41. The van der Waals surface area contributed by atoms with E-state index in [9.17, 15) is 9.18 Å². The molecule has 0 aliphatic carbocycles. The number of rotatable bonds is 1. The number of benzene rings is 1. The molecule has 3 rings (SSSR count). The van der Waals surface area contributed by atoms with E-state index in [1.165, 1.54) is 22.7 Å². The summed E-state index contributed by atoms with van der Waals surface area (Å²) in [5.74, 6) is -0.349. The molecule has 0 bridgehead atoms. The van der Waals surface area contributed by atoms with Crippen LogP contribution in [0.25, 0.3) is 16.9 Å². The number of nitrogens with one attached hydrogen (secondary N) is 1. The molecule has 4 nitrogen and oxygen atoms in total. The lowest BCUT2D eigenvalue weighted by Crippen LogP contribution is -2.13. The van der Waals surface area contributed by atoms with E-state index in [0.717, 1.165) is 0 Å². The van der Waals surface area contributed by atoms with Gasteiger partial charge in [-0.2, -0.15) is 0 Å². The van der Waals surface area contributed by atoms with Gasteiger partial charge in [0, 0.05) is 11.2 Å². The third kappa shape index (κ3) is 1.69. The molecule has 0 radical (unpaired) electrons. The first-order chi connectivity index (χ1) is 8.65. The zero-order chi connectivity index (χ0) is 12.7. The minimum absolute atomic E-state index is 0.142. The Morgan fingerprint density at radius 2 is 2.17 bits per heavy atom. The van der Waals surface area contributed by atoms with Crippen LogP contribution in [0.4, 0.5) is 4.39 Å². The topological polar surface area (TPSA) is 50.2 Å². The Morgan fingerprint density at radius 1 is 1.33 bits per heavy atom. The van der Waals surface area contributed by atoms with Gasteiger partial charge in [0.2, 0.25) is 0 Å². The Morgan fingerprint density at radius 3 is 3.00 bits per heavy atom. The molecule has 0 aliphatic heterocycles. The van der Waals surface area contributed by atoms with E-state index in [-0.39, 0.29) is 16.9 Å². The van der Waals surface area contributed by atoms with Gasteiger partial charge in [-0.3, -0.25) is 4.79 Å². The van der Waals surface area contributed by atoms with E-state index >= 15 is 0 Å². The zero-order valence-corrected chi connectivity index (χ0v) is 9.78. The molecule has 90 valence electrons. The minimum atomic E-state index is -0.492. The smallest absolute Gasteiger partial charge is 0.275 e. The van der Waals surface area contributed by atoms with Crippen LogP contribution in [0, 0.1) is 5.82 Å². The van der Waals surface area contributed by atoms with Crippen LogP contribution < -0.4 is 5.56 Å². The standard InChI is InChI=1S/C12H7ClFN3O/c13-7-3-4-9(14)8(6-7)11-15-12(18)10-2-1-5-17(10)16-11/h1-6H,(H,15,16,18). The predicted molar refractivity (Wildman–Crippen MR) is 66.2 cm³/mol. The fraction of sp³-hybridized carbons (Fsp3) is 0. The Balaban J connectivity index is 2.31. The van der Waals surface area contributed by atoms with Crippen LogP contribution in [-0.2, 0) is 0 Å². The summed E-state index contributed by atoms with van der Waals surface area (Å²) in [6, 6.07) is 7.41. The lowest BCUT2D eigenvalue weighted by Gasteiger charge is -2.04. The van der Waals surface area contributed by atoms with Crippen molar-refractivity contribution in [2.45, 2.75) is 0 Å². The minimum Gasteiger partial charge on any atom is -0.303 e. The molecule has 3 aromatic rings. The number of hydrogen-bond donors (Lipinski definition) is 1. The van der Waals surface area contributed by atoms with Crippen molar-refractivity contribution >= 4 is 17.1 Å². The van der Waals surface area contributed by atoms with Crippen LogP contribution in [0.2, 0.25) is 5.02 Å². The van der Waals surface area contributed by atoms with E-state index in [1.807, 2.05) is 0 Å². The molecule has 0 aliphatic rings. The van der Waals surface area contributed by atoms with Crippen LogP contribution in [-0.4, -0.2) is 14.6 Å². The van der Waals surface area contributed by atoms with Gasteiger partial charge < -0.3 is 4.98 Å². The summed E-state index contributed by atoms with van der Waals surface area (Å²) in [5.41, 5.74) is 0.237. The number of fused-ring (bicyclic) bond motifs is 1. The number of nitrogens with zero attached hydrogens (tertiary/aromatic N) is 2. The molecular formula is C12H7ClFN3O. The summed E-state index contributed by atoms with van der Waals surface area (Å²) in [5, 5.41) is 4.51. The van der Waals surface area contributed by atoms with Gasteiger partial charge in [0.1, 0.15) is 11.3 Å². The van der Waals surface area contributed by atoms with Crippen molar-refractivity contribution in [3.63, 3.8) is 0 Å². The van der Waals surface area contributed by atoms with Gasteiger partial charge >= 0.3 is 0 Å². The van der Waals surface area contributed by atoms with Gasteiger partial charge in [0.05, 0.1) is 5.56 Å². The first-order valence-corrected chi connectivity index (χ1v) is 5.56. The summed E-state index contributed by atoms with van der Waals surface area (Å²) in [6.07, 6.45) is 1.62. The van der Waals surface area contributed by atoms with Crippen molar-refractivity contribution < 1.29 is 4.39 Å². The number of halogens is 2. The second-order valence-electron chi connectivity index (χ2n) is 3.76. The van der Waals surface area contributed by atoms with Gasteiger partial charge in [-0.15, -0.1) is 5.10 Å². The van der Waals surface area contributed by atoms with Gasteiger partial charge in [0.15, 0.2) is 5.82 Å². The lowest BCUT2D eigenvalue weighted by atomic mass is 10.2. The summed E-state index contributed by atoms with van der Waals surface area (Å²) in [6.45, 7) is 0. The van der Waals surface area contributed by atoms with Crippen molar-refractivity contribution in [3.05, 3.63) is 57.7 Å². The van der Waals surface area contributed by atoms with Crippen LogP contribution in [0.15, 0.2) is 41.3 Å². The monoisotopic (exact) mass is 263 g/mol. The van der Waals surface area contributed by atoms with E-state index < -0.39 is 5.82 Å². The fourth-order valence-electron chi connectivity index (χ4n) is 1.74. The normalized spacial score (nSPS) is 11.0. The van der Waals surface area contributed by atoms with E-state index in [1.54, 1.807) is 18.3 Å². The maximum Gasteiger partial charge on any atom is 0.275 e. The number of hydrogen-bond acceptors (Lipinski definition) is 2. The lowest BCUT2D eigenvalue weighted by molar-refractivity contribution is 0.629. The molecule has 2 heterocycles. The van der Waals surface area contributed by atoms with Crippen LogP contribution in [0.5, 0.6) is 0 Å². The van der Waals surface area contributed by atoms with Crippen molar-refractivity contribution in [2.24, 2.45) is 0 Å². The predicted octanol–water partition coefficient (Wildman–Crippen LogP) is 2.48. The van der Waals surface area contributed by atoms with Crippen LogP contribution in [0.1, 0.15) is 0 Å². The van der Waals surface area contributed by atoms with Gasteiger partial charge in [0.25, 0.3) is 5.56 Å². The molecular weight excluding hydrogens is 257 g/mol. The SMILES string of the molecule is O=c1[nH]c(-c2cc(Cl)ccc2F)nn2cccc12. The van der Waals surface area contributed by atoms with Crippen molar-refractivity contribution in [2.75, 3.05) is 0 Å². The number of aromatic nitrogens is 3. The first kappa shape index (κ1) is 11.0. The highest BCUT2D eigenvalue weighted by molar-refractivity contribution is 6.30. The zero-order valence-electron chi connectivity index (χ0n) is 9.02. The molecule has 6 heteroatoms. The number of aromatic amines is 1. The summed E-state index contributed by atoms with van der Waals surface area (Å²) in [7, 11) is 0. The molecule has 18 heavy (non-hydrogen) atoms. The molecule has 0 unspecified atom stereocenters. The highest BCUT2D eigenvalue weighted by Crippen LogP contribution is 2.22. The Bertz CT molecular complexity index is 793. The fourth-order valence-corrected chi connectivity index (χ4v) is 1.92. The molecule has 0 amide bonds. The average Bonchev–Trinajstić information content (AvgIpc) is 2.81. The van der Waals surface area contributed by atoms with Crippen molar-refractivity contribution in [1.29, 1.82) is 0 Å². The van der Waals surface area contributed by atoms with E-state index in [4.69, 9.17) is 11.6 Å². The summed E-state index contributed by atoms with van der Waals surface area (Å²) < 4.78 is 15.1. The van der Waals surface area contributed by atoms with Crippen LogP contribution in [0.3, 0.4) is 0 Å². The highest BCUT2D eigenvalue weighted by Gasteiger charge is 2.10. The molecule has 0 spiro atoms. The largest absolute Gasteiger partial charge is 0.303 e. The quantitative estimate of drug-likeness (QED) is 0.733. The first-order valence-electron chi connectivity index (χ1n) is 5.18. The third-order valence-corrected chi connectivity index (χ3v) is 2.82. The molecule has 0 fully saturated rings. The average molecular weight is 264 g/mol. The molecule has 1 aromatic carbocycles. The Hall–Kier alpha value is -2.14. The molecule has 2 aromatic heterocycles. The third-order valence-electron chi connectivity index (χ3n) is 2.58. The maximum atomic E-state index is 13.7. The van der Waals surface area contributed by atoms with Crippen LogP contribution >= 0.6 is 11.6 Å². The second kappa shape index (κ2) is 3.96. The maximum absolute atomic E-state index is 13.7. The molecule has 0 saturated carbocycles. The molecule has 0 atom stereocenters. The van der Waals surface area contributed by atoms with Gasteiger partial charge in [-0.1, -0.05) is 11.6 Å². The van der Waals surface area contributed by atoms with E-state index in [0.29, 0.717) is 10.5 Å². The van der Waals surface area contributed by atoms with Crippen molar-refractivity contribution in [1.82, 2.24) is 14.6 Å². The number of H-pyrrole nitrogens is 1. The van der Waals surface area contributed by atoms with Gasteiger partial charge in [-0.05, 0) is 30.3 Å². The Labute approximate surface area is 106 Å². The highest BCUT2D eigenvalue weighted by atomic mass is 35.5. The van der Waals surface area contributed by atoms with Gasteiger partial charge in [-0.25, -0.2) is 8.91 Å². The second-order valence-corrected chi connectivity index (χ2v) is 4.20. The van der Waals surface area contributed by atoms with E-state index in [2.05, 4.69) is 10.1 Å². The van der Waals surface area contributed by atoms with Crippen molar-refractivity contribution in [3.8, 4) is 11.4 Å². The molecule has 0 saturated heterocycles. The summed E-state index contributed by atoms with van der Waals surface area (Å²) >= 11 is 5.81. The summed E-state index contributed by atoms with van der Waals surface area (Å²) in [4.78, 5) is 14.3. The molecule has 1 N–H and O–H groups in total.